The molecule has 1 aliphatic heterocycles. The van der Waals surface area contributed by atoms with Gasteiger partial charge in [-0.05, 0) is 17.5 Å². The standard InChI is InChI=1S/C16H18N4O5S/c21-15(12-3-10-26-11-12)17-4-5-18-6-8-19(9-7-18)16(22)13-1-2-14(25-13)20(23)24/h1-3,10-11H,4-9H2,(H,17,21). The van der Waals surface area contributed by atoms with Gasteiger partial charge in [0.25, 0.3) is 11.8 Å². The summed E-state index contributed by atoms with van der Waals surface area (Å²) in [5.74, 6) is -0.885. The van der Waals surface area contributed by atoms with E-state index in [2.05, 4.69) is 10.2 Å². The van der Waals surface area contributed by atoms with E-state index in [-0.39, 0.29) is 17.6 Å². The van der Waals surface area contributed by atoms with Gasteiger partial charge >= 0.3 is 5.88 Å². The monoisotopic (exact) mass is 378 g/mol. The zero-order valence-corrected chi connectivity index (χ0v) is 14.7. The second-order valence-electron chi connectivity index (χ2n) is 5.80. The van der Waals surface area contributed by atoms with Gasteiger partial charge in [-0.25, -0.2) is 0 Å². The Kier molecular flexibility index (Phi) is 5.64. The van der Waals surface area contributed by atoms with Crippen molar-refractivity contribution in [2.45, 2.75) is 0 Å². The van der Waals surface area contributed by atoms with Crippen molar-refractivity contribution in [3.63, 3.8) is 0 Å². The van der Waals surface area contributed by atoms with E-state index in [1.807, 2.05) is 5.38 Å². The number of rotatable bonds is 6. The van der Waals surface area contributed by atoms with Crippen LogP contribution < -0.4 is 5.32 Å². The Morgan fingerprint density at radius 2 is 2.00 bits per heavy atom. The smallest absolute Gasteiger partial charge is 0.395 e. The van der Waals surface area contributed by atoms with Crippen LogP contribution >= 0.6 is 11.3 Å². The normalized spacial score (nSPS) is 15.0. The maximum Gasteiger partial charge on any atom is 0.433 e. The van der Waals surface area contributed by atoms with Crippen LogP contribution in [0.15, 0.2) is 33.4 Å². The van der Waals surface area contributed by atoms with Crippen LogP contribution in [0, 0.1) is 10.1 Å². The Balaban J connectivity index is 1.41. The van der Waals surface area contributed by atoms with Crippen molar-refractivity contribution in [2.75, 3.05) is 39.3 Å². The van der Waals surface area contributed by atoms with Crippen molar-refractivity contribution in [1.29, 1.82) is 0 Å². The average Bonchev–Trinajstić information content (AvgIpc) is 3.33. The summed E-state index contributed by atoms with van der Waals surface area (Å²) in [6, 6.07) is 4.29. The molecule has 2 aromatic heterocycles. The van der Waals surface area contributed by atoms with E-state index in [4.69, 9.17) is 4.42 Å². The number of nitrogens with one attached hydrogen (secondary N) is 1. The van der Waals surface area contributed by atoms with Crippen molar-refractivity contribution in [2.24, 2.45) is 0 Å². The molecule has 3 heterocycles. The van der Waals surface area contributed by atoms with Crippen LogP contribution in [0.2, 0.25) is 0 Å². The third-order valence-corrected chi connectivity index (χ3v) is 4.82. The molecule has 0 saturated carbocycles. The largest absolute Gasteiger partial charge is 0.433 e. The minimum absolute atomic E-state index is 0.0202. The van der Waals surface area contributed by atoms with Crippen molar-refractivity contribution >= 4 is 29.0 Å². The number of amides is 2. The summed E-state index contributed by atoms with van der Waals surface area (Å²) in [5, 5.41) is 17.2. The molecule has 138 valence electrons. The van der Waals surface area contributed by atoms with Gasteiger partial charge in [0.2, 0.25) is 0 Å². The molecule has 0 atom stereocenters. The van der Waals surface area contributed by atoms with E-state index in [0.29, 0.717) is 44.8 Å². The number of piperazine rings is 1. The van der Waals surface area contributed by atoms with Crippen molar-refractivity contribution in [3.05, 3.63) is 50.4 Å². The van der Waals surface area contributed by atoms with Crippen LogP contribution in [0.4, 0.5) is 5.88 Å². The quantitative estimate of drug-likeness (QED) is 0.602. The minimum atomic E-state index is -0.668. The van der Waals surface area contributed by atoms with Gasteiger partial charge in [0.1, 0.15) is 4.92 Å². The molecule has 2 amide bonds. The van der Waals surface area contributed by atoms with E-state index < -0.39 is 10.8 Å². The van der Waals surface area contributed by atoms with Gasteiger partial charge < -0.3 is 14.6 Å². The summed E-state index contributed by atoms with van der Waals surface area (Å²) in [5.41, 5.74) is 0.665. The molecule has 0 aliphatic carbocycles. The van der Waals surface area contributed by atoms with Crippen LogP contribution in [0.1, 0.15) is 20.9 Å². The molecule has 1 N–H and O–H groups in total. The van der Waals surface area contributed by atoms with Gasteiger partial charge in [-0.3, -0.25) is 24.6 Å². The zero-order valence-electron chi connectivity index (χ0n) is 13.9. The van der Waals surface area contributed by atoms with E-state index in [1.165, 1.54) is 23.5 Å². The summed E-state index contributed by atoms with van der Waals surface area (Å²) in [6.07, 6.45) is 0. The first kappa shape index (κ1) is 18.1. The lowest BCUT2D eigenvalue weighted by Gasteiger charge is -2.34. The highest BCUT2D eigenvalue weighted by molar-refractivity contribution is 7.08. The number of hydrogen-bond acceptors (Lipinski definition) is 7. The number of carbonyl (C=O) groups excluding carboxylic acids is 2. The summed E-state index contributed by atoms with van der Waals surface area (Å²) in [4.78, 5) is 37.9. The number of hydrogen-bond donors (Lipinski definition) is 1. The molecule has 0 unspecified atom stereocenters. The van der Waals surface area contributed by atoms with Gasteiger partial charge in [0.15, 0.2) is 5.76 Å². The summed E-state index contributed by atoms with van der Waals surface area (Å²) < 4.78 is 4.96. The molecule has 1 saturated heterocycles. The maximum absolute atomic E-state index is 12.3. The molecule has 10 heteroatoms. The van der Waals surface area contributed by atoms with E-state index in [9.17, 15) is 19.7 Å². The number of carbonyl (C=O) groups is 2. The fraction of sp³-hybridized carbons (Fsp3) is 0.375. The lowest BCUT2D eigenvalue weighted by molar-refractivity contribution is -0.402. The number of nitrogens with zero attached hydrogens (tertiary/aromatic N) is 3. The lowest BCUT2D eigenvalue weighted by Crippen LogP contribution is -2.50. The third-order valence-electron chi connectivity index (χ3n) is 4.14. The molecule has 0 aromatic carbocycles. The fourth-order valence-corrected chi connectivity index (χ4v) is 3.33. The molecule has 0 spiro atoms. The summed E-state index contributed by atoms with van der Waals surface area (Å²) in [7, 11) is 0. The number of furan rings is 1. The van der Waals surface area contributed by atoms with Gasteiger partial charge in [0, 0.05) is 50.2 Å². The van der Waals surface area contributed by atoms with E-state index >= 15 is 0 Å². The van der Waals surface area contributed by atoms with Gasteiger partial charge in [-0.1, -0.05) is 0 Å². The minimum Gasteiger partial charge on any atom is -0.395 e. The first-order valence-electron chi connectivity index (χ1n) is 8.11. The van der Waals surface area contributed by atoms with Gasteiger partial charge in [-0.15, -0.1) is 0 Å². The molecule has 1 aliphatic rings. The molecule has 0 radical (unpaired) electrons. The predicted octanol–water partition coefficient (Wildman–Crippen LogP) is 1.44. The molecule has 2 aromatic rings. The molecule has 1 fully saturated rings. The highest BCUT2D eigenvalue weighted by Gasteiger charge is 2.25. The molecule has 9 nitrogen and oxygen atoms in total. The Bertz CT molecular complexity index is 780. The van der Waals surface area contributed by atoms with Crippen LogP contribution in [-0.4, -0.2) is 65.8 Å². The zero-order chi connectivity index (χ0) is 18.5. The first-order valence-corrected chi connectivity index (χ1v) is 9.05. The SMILES string of the molecule is O=C(NCCN1CCN(C(=O)c2ccc([N+](=O)[O-])o2)CC1)c1ccsc1. The number of nitro groups is 1. The fourth-order valence-electron chi connectivity index (χ4n) is 2.69. The molecule has 3 rings (SSSR count). The van der Waals surface area contributed by atoms with Crippen LogP contribution in [-0.2, 0) is 0 Å². The molecule has 26 heavy (non-hydrogen) atoms. The Hall–Kier alpha value is -2.72. The van der Waals surface area contributed by atoms with Crippen molar-refractivity contribution in [3.8, 4) is 0 Å². The highest BCUT2D eigenvalue weighted by Crippen LogP contribution is 2.18. The third kappa shape index (κ3) is 4.27. The highest BCUT2D eigenvalue weighted by atomic mass is 32.1. The molecule has 0 bridgehead atoms. The average molecular weight is 378 g/mol. The topological polar surface area (TPSA) is 109 Å². The Morgan fingerprint density at radius 3 is 2.62 bits per heavy atom. The predicted molar refractivity (Wildman–Crippen MR) is 94.4 cm³/mol. The summed E-state index contributed by atoms with van der Waals surface area (Å²) >= 11 is 1.48. The summed E-state index contributed by atoms with van der Waals surface area (Å²) in [6.45, 7) is 3.58. The van der Waals surface area contributed by atoms with Gasteiger partial charge in [-0.2, -0.15) is 11.3 Å². The Labute approximate surface area is 153 Å². The van der Waals surface area contributed by atoms with Crippen LogP contribution in [0.5, 0.6) is 0 Å². The lowest BCUT2D eigenvalue weighted by atomic mass is 10.2. The van der Waals surface area contributed by atoms with E-state index in [0.717, 1.165) is 0 Å². The Morgan fingerprint density at radius 1 is 1.23 bits per heavy atom. The molecular formula is C16H18N4O5S. The molecular weight excluding hydrogens is 360 g/mol. The van der Waals surface area contributed by atoms with Crippen molar-refractivity contribution < 1.29 is 18.9 Å². The van der Waals surface area contributed by atoms with Crippen LogP contribution in [0.3, 0.4) is 0 Å². The second kappa shape index (κ2) is 8.11. The number of thiophene rings is 1. The van der Waals surface area contributed by atoms with Crippen molar-refractivity contribution in [1.82, 2.24) is 15.1 Å². The van der Waals surface area contributed by atoms with Gasteiger partial charge in [0.05, 0.1) is 6.07 Å². The maximum atomic E-state index is 12.3. The van der Waals surface area contributed by atoms with E-state index in [1.54, 1.807) is 16.3 Å². The first-order chi connectivity index (χ1) is 12.5. The van der Waals surface area contributed by atoms with Crippen LogP contribution in [0.25, 0.3) is 0 Å². The second-order valence-corrected chi connectivity index (χ2v) is 6.58.